The summed E-state index contributed by atoms with van der Waals surface area (Å²) in [6, 6.07) is 0.161. The standard InChI is InChI=1S/C38H62N4O5/c1-24-9-14-38(46-23-24)25(2)35-31(47-38)20-30-28-8-7-26-19-27(10-12-36(26,3)29(28)11-13-37(30,35)4)39-32(43)21-33(44)41-15-17-42(18-16-41)34(45)22-40(5)6/h24-31,35H,7-23H2,1-6H3,(H,39,43)/t24-,25-,26+,27+,28+,29?,30-,31-,35-,36-,37-,38+/m0/s1. The summed E-state index contributed by atoms with van der Waals surface area (Å²) in [4.78, 5) is 43.9. The summed E-state index contributed by atoms with van der Waals surface area (Å²) < 4.78 is 13.5. The molecule has 4 saturated carbocycles. The van der Waals surface area contributed by atoms with Crippen LogP contribution in [0.1, 0.15) is 98.3 Å². The van der Waals surface area contributed by atoms with Gasteiger partial charge >= 0.3 is 0 Å². The molecule has 47 heavy (non-hydrogen) atoms. The monoisotopic (exact) mass is 654 g/mol. The molecule has 1 spiro atoms. The third-order valence-corrected chi connectivity index (χ3v) is 15.0. The summed E-state index contributed by atoms with van der Waals surface area (Å²) in [5.74, 6) is 4.11. The van der Waals surface area contributed by atoms with E-state index in [1.807, 2.05) is 23.9 Å². The van der Waals surface area contributed by atoms with Crippen molar-refractivity contribution in [3.63, 3.8) is 0 Å². The van der Waals surface area contributed by atoms with Crippen molar-refractivity contribution >= 4 is 17.7 Å². The lowest BCUT2D eigenvalue weighted by Crippen LogP contribution is -2.56. The molecule has 7 fully saturated rings. The van der Waals surface area contributed by atoms with Gasteiger partial charge in [-0.15, -0.1) is 0 Å². The number of carbonyl (C=O) groups excluding carboxylic acids is 3. The predicted molar refractivity (Wildman–Crippen MR) is 180 cm³/mol. The molecule has 1 N–H and O–H groups in total. The van der Waals surface area contributed by atoms with Gasteiger partial charge in [-0.2, -0.15) is 0 Å². The Labute approximate surface area is 283 Å². The zero-order valence-electron chi connectivity index (χ0n) is 30.1. The molecule has 9 heteroatoms. The van der Waals surface area contributed by atoms with Crippen LogP contribution in [0.3, 0.4) is 0 Å². The number of hydrogen-bond donors (Lipinski definition) is 1. The van der Waals surface area contributed by atoms with E-state index in [0.717, 1.165) is 43.6 Å². The molecule has 3 amide bonds. The molecule has 3 aliphatic heterocycles. The second-order valence-electron chi connectivity index (χ2n) is 17.9. The lowest BCUT2D eigenvalue weighted by molar-refractivity contribution is -0.273. The average Bonchev–Trinajstić information content (AvgIpc) is 3.48. The van der Waals surface area contributed by atoms with Gasteiger partial charge in [0, 0.05) is 44.6 Å². The first-order chi connectivity index (χ1) is 22.3. The molecule has 7 aliphatic rings. The number of likely N-dealkylation sites (N-methyl/N-ethyl adjacent to an activating group) is 1. The Hall–Kier alpha value is -1.71. The summed E-state index contributed by atoms with van der Waals surface area (Å²) in [5, 5.41) is 3.28. The molecule has 0 aromatic heterocycles. The zero-order chi connectivity index (χ0) is 33.3. The molecule has 4 aliphatic carbocycles. The van der Waals surface area contributed by atoms with Crippen molar-refractivity contribution in [3.8, 4) is 0 Å². The summed E-state index contributed by atoms with van der Waals surface area (Å²) in [6.07, 6.45) is 12.1. The van der Waals surface area contributed by atoms with Crippen LogP contribution < -0.4 is 5.32 Å². The Balaban J connectivity index is 0.916. The normalized spacial score (nSPS) is 46.1. The Morgan fingerprint density at radius 2 is 1.53 bits per heavy atom. The summed E-state index contributed by atoms with van der Waals surface area (Å²) >= 11 is 0. The number of ether oxygens (including phenoxy) is 2. The maximum absolute atomic E-state index is 13.1. The van der Waals surface area contributed by atoms with E-state index in [1.165, 1.54) is 44.9 Å². The molecule has 1 unspecified atom stereocenters. The smallest absolute Gasteiger partial charge is 0.236 e. The fraction of sp³-hybridized carbons (Fsp3) is 0.921. The first-order valence-electron chi connectivity index (χ1n) is 19.1. The van der Waals surface area contributed by atoms with Crippen LogP contribution in [-0.2, 0) is 23.9 Å². The molecule has 3 saturated heterocycles. The van der Waals surface area contributed by atoms with Gasteiger partial charge in [-0.25, -0.2) is 0 Å². The van der Waals surface area contributed by atoms with E-state index in [1.54, 1.807) is 4.90 Å². The van der Waals surface area contributed by atoms with Gasteiger partial charge in [-0.05, 0) is 118 Å². The lowest BCUT2D eigenvalue weighted by Gasteiger charge is -2.61. The van der Waals surface area contributed by atoms with Crippen LogP contribution in [0.15, 0.2) is 0 Å². The second-order valence-corrected chi connectivity index (χ2v) is 17.9. The number of amides is 3. The van der Waals surface area contributed by atoms with Gasteiger partial charge in [0.1, 0.15) is 6.42 Å². The van der Waals surface area contributed by atoms with Crippen LogP contribution in [0, 0.1) is 52.3 Å². The summed E-state index contributed by atoms with van der Waals surface area (Å²) in [5.41, 5.74) is 0.676. The van der Waals surface area contributed by atoms with Crippen LogP contribution in [0.5, 0.6) is 0 Å². The van der Waals surface area contributed by atoms with E-state index in [-0.39, 0.29) is 36.0 Å². The van der Waals surface area contributed by atoms with Crippen LogP contribution in [-0.4, -0.2) is 104 Å². The number of carbonyl (C=O) groups is 3. The maximum atomic E-state index is 13.1. The van der Waals surface area contributed by atoms with Gasteiger partial charge in [0.25, 0.3) is 0 Å². The number of fused-ring (bicyclic) bond motifs is 7. The highest BCUT2D eigenvalue weighted by molar-refractivity contribution is 5.97. The molecule has 0 radical (unpaired) electrons. The highest BCUT2D eigenvalue weighted by Gasteiger charge is 2.69. The van der Waals surface area contributed by atoms with E-state index in [4.69, 9.17) is 9.47 Å². The molecule has 0 aromatic rings. The van der Waals surface area contributed by atoms with E-state index in [0.29, 0.717) is 73.3 Å². The highest BCUT2D eigenvalue weighted by Crippen LogP contribution is 2.71. The van der Waals surface area contributed by atoms with Gasteiger partial charge in [0.2, 0.25) is 17.7 Å². The second kappa shape index (κ2) is 12.6. The lowest BCUT2D eigenvalue weighted by atomic mass is 9.44. The fourth-order valence-corrected chi connectivity index (χ4v) is 12.5. The number of hydrogen-bond acceptors (Lipinski definition) is 6. The molecular weight excluding hydrogens is 592 g/mol. The molecule has 7 rings (SSSR count). The zero-order valence-corrected chi connectivity index (χ0v) is 30.1. The van der Waals surface area contributed by atoms with Crippen molar-refractivity contribution < 1.29 is 23.9 Å². The number of rotatable bonds is 5. The Morgan fingerprint density at radius 1 is 0.830 bits per heavy atom. The van der Waals surface area contributed by atoms with Gasteiger partial charge in [0.15, 0.2) is 5.79 Å². The Bertz CT molecular complexity index is 1210. The molecule has 0 aromatic carbocycles. The molecule has 12 atom stereocenters. The quantitative estimate of drug-likeness (QED) is 0.438. The van der Waals surface area contributed by atoms with Crippen LogP contribution in [0.2, 0.25) is 0 Å². The number of piperazine rings is 1. The number of nitrogens with one attached hydrogen (secondary N) is 1. The SMILES string of the molecule is C[C@H]1CC[C@@]2(OC1)O[C@H]1C[C@H]3[C@@H]4CC[C@@H]5C[C@H](NC(=O)CC(=O)N6CCN(C(=O)CN(C)C)CC6)CC[C@]5(C)C4CC[C@]3(C)[C@H]1[C@@H]2C. The third kappa shape index (κ3) is 5.86. The van der Waals surface area contributed by atoms with Crippen LogP contribution >= 0.6 is 0 Å². The van der Waals surface area contributed by atoms with Gasteiger partial charge in [-0.3, -0.25) is 14.4 Å². The van der Waals surface area contributed by atoms with Crippen molar-refractivity contribution in [2.24, 2.45) is 52.3 Å². The van der Waals surface area contributed by atoms with Crippen molar-refractivity contribution in [3.05, 3.63) is 0 Å². The first kappa shape index (κ1) is 33.8. The summed E-state index contributed by atoms with van der Waals surface area (Å²) in [6.45, 7) is 13.2. The minimum atomic E-state index is -0.342. The highest BCUT2D eigenvalue weighted by atomic mass is 16.7. The molecule has 0 bridgehead atoms. The molecule has 3 heterocycles. The third-order valence-electron chi connectivity index (χ3n) is 15.0. The van der Waals surface area contributed by atoms with Crippen LogP contribution in [0.25, 0.3) is 0 Å². The van der Waals surface area contributed by atoms with Gasteiger partial charge < -0.3 is 29.5 Å². The largest absolute Gasteiger partial charge is 0.353 e. The van der Waals surface area contributed by atoms with Gasteiger partial charge in [-0.1, -0.05) is 27.7 Å². The van der Waals surface area contributed by atoms with Crippen molar-refractivity contribution in [1.29, 1.82) is 0 Å². The fourth-order valence-electron chi connectivity index (χ4n) is 12.5. The van der Waals surface area contributed by atoms with Crippen molar-refractivity contribution in [2.45, 2.75) is 116 Å². The predicted octanol–water partition coefficient (Wildman–Crippen LogP) is 4.54. The van der Waals surface area contributed by atoms with E-state index < -0.39 is 0 Å². The van der Waals surface area contributed by atoms with Gasteiger partial charge in [0.05, 0.1) is 19.3 Å². The average molecular weight is 655 g/mol. The topological polar surface area (TPSA) is 91.4 Å². The van der Waals surface area contributed by atoms with E-state index in [9.17, 15) is 14.4 Å². The van der Waals surface area contributed by atoms with E-state index >= 15 is 0 Å². The minimum Gasteiger partial charge on any atom is -0.353 e. The minimum absolute atomic E-state index is 0.0900. The van der Waals surface area contributed by atoms with Crippen molar-refractivity contribution in [2.75, 3.05) is 53.4 Å². The van der Waals surface area contributed by atoms with E-state index in [2.05, 4.69) is 33.0 Å². The number of nitrogens with zero attached hydrogens (tertiary/aromatic N) is 3. The first-order valence-corrected chi connectivity index (χ1v) is 19.1. The molecule has 9 nitrogen and oxygen atoms in total. The maximum Gasteiger partial charge on any atom is 0.236 e. The molecular formula is C38H62N4O5. The van der Waals surface area contributed by atoms with Crippen molar-refractivity contribution in [1.82, 2.24) is 20.0 Å². The summed E-state index contributed by atoms with van der Waals surface area (Å²) in [7, 11) is 3.77. The van der Waals surface area contributed by atoms with Crippen LogP contribution in [0.4, 0.5) is 0 Å². The Kier molecular flexibility index (Phi) is 9.03. The Morgan fingerprint density at radius 3 is 2.21 bits per heavy atom. The molecule has 264 valence electrons.